The van der Waals surface area contributed by atoms with Gasteiger partial charge in [0.05, 0.1) is 13.7 Å². The Hall–Kier alpha value is -1.10. The fraction of sp³-hybridized carbons (Fsp3) is 0.647. The lowest BCUT2D eigenvalue weighted by Gasteiger charge is -2.42. The number of hydrogen-bond acceptors (Lipinski definition) is 4. The highest BCUT2D eigenvalue weighted by Crippen LogP contribution is 2.38. The van der Waals surface area contributed by atoms with Gasteiger partial charge in [-0.1, -0.05) is 25.5 Å². The third-order valence-corrected chi connectivity index (χ3v) is 4.65. The Balaban J connectivity index is 1.60. The SMILES string of the molecule is COc1ccc(C(C)C2COC3(CCCCC3)OO2)cc1. The molecule has 0 amide bonds. The Morgan fingerprint density at radius 2 is 1.86 bits per heavy atom. The van der Waals surface area contributed by atoms with Crippen LogP contribution in [0, 0.1) is 0 Å². The maximum atomic E-state index is 6.03. The summed E-state index contributed by atoms with van der Waals surface area (Å²) >= 11 is 0. The normalized spacial score (nSPS) is 26.5. The van der Waals surface area contributed by atoms with Gasteiger partial charge in [0.15, 0.2) is 0 Å². The summed E-state index contributed by atoms with van der Waals surface area (Å²) in [6.45, 7) is 2.73. The van der Waals surface area contributed by atoms with Crippen molar-refractivity contribution in [1.82, 2.24) is 0 Å². The van der Waals surface area contributed by atoms with E-state index >= 15 is 0 Å². The molecule has 21 heavy (non-hydrogen) atoms. The van der Waals surface area contributed by atoms with Crippen LogP contribution in [0.25, 0.3) is 0 Å². The molecule has 3 rings (SSSR count). The zero-order chi connectivity index (χ0) is 14.7. The first-order valence-corrected chi connectivity index (χ1v) is 7.85. The summed E-state index contributed by atoms with van der Waals surface area (Å²) in [6, 6.07) is 8.08. The van der Waals surface area contributed by atoms with E-state index in [2.05, 4.69) is 19.1 Å². The molecular weight excluding hydrogens is 268 g/mol. The molecule has 2 aliphatic rings. The van der Waals surface area contributed by atoms with Gasteiger partial charge in [-0.3, -0.25) is 0 Å². The Kier molecular flexibility index (Phi) is 4.48. The van der Waals surface area contributed by atoms with Crippen LogP contribution in [0.1, 0.15) is 50.5 Å². The predicted molar refractivity (Wildman–Crippen MR) is 79.1 cm³/mol. The van der Waals surface area contributed by atoms with Crippen molar-refractivity contribution in [1.29, 1.82) is 0 Å². The molecule has 2 atom stereocenters. The number of ether oxygens (including phenoxy) is 2. The maximum Gasteiger partial charge on any atom is 0.201 e. The van der Waals surface area contributed by atoms with Crippen LogP contribution < -0.4 is 4.74 Å². The van der Waals surface area contributed by atoms with E-state index in [1.165, 1.54) is 12.0 Å². The largest absolute Gasteiger partial charge is 0.497 e. The molecule has 2 fully saturated rings. The molecule has 1 aliphatic carbocycles. The molecule has 116 valence electrons. The summed E-state index contributed by atoms with van der Waals surface area (Å²) in [5.41, 5.74) is 1.20. The fourth-order valence-electron chi connectivity index (χ4n) is 3.10. The molecule has 0 bridgehead atoms. The lowest BCUT2D eigenvalue weighted by Crippen LogP contribution is -2.47. The van der Waals surface area contributed by atoms with Crippen LogP contribution in [-0.2, 0) is 14.5 Å². The van der Waals surface area contributed by atoms with Gasteiger partial charge < -0.3 is 9.47 Å². The molecule has 1 aromatic carbocycles. The summed E-state index contributed by atoms with van der Waals surface area (Å²) in [6.07, 6.45) is 5.39. The van der Waals surface area contributed by atoms with Gasteiger partial charge in [0.25, 0.3) is 0 Å². The molecule has 1 heterocycles. The van der Waals surface area contributed by atoms with Crippen molar-refractivity contribution in [2.24, 2.45) is 0 Å². The molecule has 4 heteroatoms. The minimum absolute atomic E-state index is 0.0639. The number of methoxy groups -OCH3 is 1. The molecule has 1 saturated carbocycles. The minimum Gasteiger partial charge on any atom is -0.497 e. The van der Waals surface area contributed by atoms with Crippen LogP contribution in [0.2, 0.25) is 0 Å². The molecule has 1 saturated heterocycles. The third kappa shape index (κ3) is 3.23. The lowest BCUT2D eigenvalue weighted by molar-refractivity contribution is -0.493. The Bertz CT molecular complexity index is 440. The Morgan fingerprint density at radius 1 is 1.14 bits per heavy atom. The van der Waals surface area contributed by atoms with Crippen molar-refractivity contribution in [3.05, 3.63) is 29.8 Å². The summed E-state index contributed by atoms with van der Waals surface area (Å²) in [5.74, 6) is 0.606. The zero-order valence-corrected chi connectivity index (χ0v) is 12.8. The van der Waals surface area contributed by atoms with Crippen LogP contribution in [-0.4, -0.2) is 25.6 Å². The minimum atomic E-state index is -0.478. The molecule has 2 unspecified atom stereocenters. The fourth-order valence-corrected chi connectivity index (χ4v) is 3.10. The third-order valence-electron chi connectivity index (χ3n) is 4.65. The second-order valence-corrected chi connectivity index (χ2v) is 6.06. The lowest BCUT2D eigenvalue weighted by atomic mass is 9.92. The smallest absolute Gasteiger partial charge is 0.201 e. The molecule has 1 aliphatic heterocycles. The molecule has 0 N–H and O–H groups in total. The van der Waals surface area contributed by atoms with Gasteiger partial charge in [-0.15, -0.1) is 0 Å². The van der Waals surface area contributed by atoms with Gasteiger partial charge >= 0.3 is 0 Å². The van der Waals surface area contributed by atoms with E-state index in [-0.39, 0.29) is 12.0 Å². The maximum absolute atomic E-state index is 6.03. The highest BCUT2D eigenvalue weighted by Gasteiger charge is 2.41. The first-order valence-electron chi connectivity index (χ1n) is 7.85. The van der Waals surface area contributed by atoms with Crippen molar-refractivity contribution in [3.8, 4) is 5.75 Å². The van der Waals surface area contributed by atoms with Crippen molar-refractivity contribution < 1.29 is 19.2 Å². The van der Waals surface area contributed by atoms with Crippen LogP contribution in [0.15, 0.2) is 24.3 Å². The molecular formula is C17H24O4. The van der Waals surface area contributed by atoms with Crippen LogP contribution in [0.5, 0.6) is 5.75 Å². The number of benzene rings is 1. The Morgan fingerprint density at radius 3 is 2.43 bits per heavy atom. The second-order valence-electron chi connectivity index (χ2n) is 6.06. The van der Waals surface area contributed by atoms with Gasteiger partial charge in [0, 0.05) is 18.8 Å². The number of rotatable bonds is 3. The van der Waals surface area contributed by atoms with E-state index in [4.69, 9.17) is 19.2 Å². The van der Waals surface area contributed by atoms with Crippen LogP contribution >= 0.6 is 0 Å². The quantitative estimate of drug-likeness (QED) is 0.794. The number of hydrogen-bond donors (Lipinski definition) is 0. The first kappa shape index (κ1) is 14.8. The Labute approximate surface area is 126 Å². The molecule has 4 nitrogen and oxygen atoms in total. The molecule has 1 spiro atoms. The average molecular weight is 292 g/mol. The van der Waals surface area contributed by atoms with Gasteiger partial charge in [0.2, 0.25) is 5.79 Å². The van der Waals surface area contributed by atoms with E-state index < -0.39 is 5.79 Å². The summed E-state index contributed by atoms with van der Waals surface area (Å²) < 4.78 is 11.2. The standard InChI is InChI=1S/C17H24O4/c1-13(14-6-8-15(18-2)9-7-14)16-12-19-17(21-20-16)10-4-3-5-11-17/h6-9,13,16H,3-5,10-12H2,1-2H3. The molecule has 0 aromatic heterocycles. The predicted octanol–water partition coefficient (Wildman–Crippen LogP) is 3.81. The molecule has 0 radical (unpaired) electrons. The summed E-state index contributed by atoms with van der Waals surface area (Å²) in [7, 11) is 1.67. The van der Waals surface area contributed by atoms with E-state index in [1.807, 2.05) is 12.1 Å². The van der Waals surface area contributed by atoms with Crippen LogP contribution in [0.3, 0.4) is 0 Å². The second kappa shape index (κ2) is 6.34. The van der Waals surface area contributed by atoms with Crippen molar-refractivity contribution in [2.75, 3.05) is 13.7 Å². The van der Waals surface area contributed by atoms with E-state index in [0.717, 1.165) is 31.4 Å². The highest BCUT2D eigenvalue weighted by atomic mass is 17.2. The van der Waals surface area contributed by atoms with E-state index in [1.54, 1.807) is 7.11 Å². The van der Waals surface area contributed by atoms with E-state index in [0.29, 0.717) is 6.61 Å². The van der Waals surface area contributed by atoms with Gasteiger partial charge in [-0.05, 0) is 30.5 Å². The van der Waals surface area contributed by atoms with Crippen molar-refractivity contribution in [3.63, 3.8) is 0 Å². The molecule has 1 aromatic rings. The van der Waals surface area contributed by atoms with Crippen molar-refractivity contribution in [2.45, 2.75) is 56.8 Å². The van der Waals surface area contributed by atoms with Crippen LogP contribution in [0.4, 0.5) is 0 Å². The van der Waals surface area contributed by atoms with Gasteiger partial charge in [0.1, 0.15) is 11.9 Å². The topological polar surface area (TPSA) is 36.9 Å². The van der Waals surface area contributed by atoms with Gasteiger partial charge in [-0.25, -0.2) is 9.78 Å². The average Bonchev–Trinajstić information content (AvgIpc) is 2.56. The monoisotopic (exact) mass is 292 g/mol. The highest BCUT2D eigenvalue weighted by molar-refractivity contribution is 5.29. The zero-order valence-electron chi connectivity index (χ0n) is 12.8. The summed E-state index contributed by atoms with van der Waals surface area (Å²) in [4.78, 5) is 11.3. The summed E-state index contributed by atoms with van der Waals surface area (Å²) in [5, 5.41) is 0. The van der Waals surface area contributed by atoms with Gasteiger partial charge in [-0.2, -0.15) is 0 Å². The van der Waals surface area contributed by atoms with E-state index in [9.17, 15) is 0 Å². The van der Waals surface area contributed by atoms with Crippen molar-refractivity contribution >= 4 is 0 Å². The first-order chi connectivity index (χ1) is 10.2.